The zero-order valence-electron chi connectivity index (χ0n) is 11.2. The highest BCUT2D eigenvalue weighted by molar-refractivity contribution is 6.33. The van der Waals surface area contributed by atoms with E-state index in [1.807, 2.05) is 0 Å². The number of alkyl halides is 3. The lowest BCUT2D eigenvalue weighted by atomic mass is 10.1. The van der Waals surface area contributed by atoms with Gasteiger partial charge in [-0.15, -0.1) is 0 Å². The van der Waals surface area contributed by atoms with Crippen molar-refractivity contribution in [3.8, 4) is 0 Å². The lowest BCUT2D eigenvalue weighted by Gasteiger charge is -2.09. The van der Waals surface area contributed by atoms with E-state index in [1.165, 1.54) is 29.1 Å². The normalized spacial score (nSPS) is 11.9. The maximum absolute atomic E-state index is 12.8. The van der Waals surface area contributed by atoms with E-state index in [0.717, 1.165) is 12.3 Å². The molecule has 0 spiro atoms. The van der Waals surface area contributed by atoms with Gasteiger partial charge in [-0.1, -0.05) is 29.8 Å². The molecule has 5 nitrogen and oxygen atoms in total. The van der Waals surface area contributed by atoms with Crippen molar-refractivity contribution in [2.45, 2.75) is 6.18 Å². The number of hydrogen-bond donors (Lipinski definition) is 1. The molecule has 0 saturated carbocycles. The summed E-state index contributed by atoms with van der Waals surface area (Å²) in [4.78, 5) is 11.7. The molecule has 116 valence electrons. The van der Waals surface area contributed by atoms with Gasteiger partial charge in [-0.05, 0) is 6.07 Å². The van der Waals surface area contributed by atoms with E-state index in [0.29, 0.717) is 0 Å². The number of benzene rings is 1. The molecule has 0 aliphatic carbocycles. The minimum absolute atomic E-state index is 0.0644. The molecule has 0 bridgehead atoms. The summed E-state index contributed by atoms with van der Waals surface area (Å²) >= 11 is 5.78. The Balaban J connectivity index is 2.14. The molecule has 1 aromatic carbocycles. The first-order valence-electron chi connectivity index (χ1n) is 5.98. The molecule has 1 heterocycles. The highest BCUT2D eigenvalue weighted by Crippen LogP contribution is 2.31. The number of nitrogens with one attached hydrogen (secondary N) is 1. The Labute approximate surface area is 128 Å². The molecule has 0 atom stereocenters. The Bertz CT molecular complexity index is 724. The molecule has 0 fully saturated rings. The van der Waals surface area contributed by atoms with Crippen LogP contribution in [0.2, 0.25) is 5.02 Å². The molecule has 1 aromatic heterocycles. The second kappa shape index (κ2) is 6.18. The van der Waals surface area contributed by atoms with Crippen LogP contribution >= 0.6 is 11.6 Å². The lowest BCUT2D eigenvalue weighted by Crippen LogP contribution is -2.19. The molecule has 9 heteroatoms. The number of rotatable bonds is 3. The summed E-state index contributed by atoms with van der Waals surface area (Å²) in [7, 11) is 1.57. The van der Waals surface area contributed by atoms with E-state index in [-0.39, 0.29) is 16.3 Å². The Hall–Kier alpha value is -2.35. The van der Waals surface area contributed by atoms with Crippen molar-refractivity contribution in [1.29, 1.82) is 0 Å². The van der Waals surface area contributed by atoms with Crippen LogP contribution in [0, 0.1) is 0 Å². The predicted molar refractivity (Wildman–Crippen MR) is 74.7 cm³/mol. The predicted octanol–water partition coefficient (Wildman–Crippen LogP) is 2.86. The maximum Gasteiger partial charge on any atom is 0.417 e. The van der Waals surface area contributed by atoms with Crippen LogP contribution < -0.4 is 5.43 Å². The minimum atomic E-state index is -4.50. The maximum atomic E-state index is 12.8. The third-order valence-electron chi connectivity index (χ3n) is 2.64. The van der Waals surface area contributed by atoms with Crippen molar-refractivity contribution in [3.05, 3.63) is 52.3 Å². The number of carbonyl (C=O) groups is 1. The summed E-state index contributed by atoms with van der Waals surface area (Å²) in [5.41, 5.74) is 1.01. The van der Waals surface area contributed by atoms with Crippen LogP contribution in [-0.4, -0.2) is 21.9 Å². The number of carbonyl (C=O) groups excluding carboxylic acids is 1. The van der Waals surface area contributed by atoms with Gasteiger partial charge in [-0.3, -0.25) is 9.48 Å². The molecule has 0 unspecified atom stereocenters. The molecule has 2 aromatic rings. The van der Waals surface area contributed by atoms with Gasteiger partial charge in [-0.25, -0.2) is 5.43 Å². The zero-order chi connectivity index (χ0) is 16.3. The lowest BCUT2D eigenvalue weighted by molar-refractivity contribution is -0.137. The molecule has 0 aliphatic rings. The van der Waals surface area contributed by atoms with Crippen molar-refractivity contribution in [1.82, 2.24) is 15.2 Å². The third kappa shape index (κ3) is 3.64. The number of aryl methyl sites for hydroxylation is 1. The van der Waals surface area contributed by atoms with Gasteiger partial charge in [0.2, 0.25) is 0 Å². The van der Waals surface area contributed by atoms with Crippen molar-refractivity contribution in [3.63, 3.8) is 0 Å². The number of nitrogens with zero attached hydrogens (tertiary/aromatic N) is 3. The van der Waals surface area contributed by atoms with Gasteiger partial charge in [0.25, 0.3) is 5.91 Å². The standard InChI is InChI=1S/C13H10ClF3N4O/c1-21-7-10(14)11(20-21)12(22)19-18-6-8-4-2-3-5-9(8)13(15,16)17/h2-7H,1H3,(H,19,22)/b18-6-. The Morgan fingerprint density at radius 3 is 2.68 bits per heavy atom. The molecule has 22 heavy (non-hydrogen) atoms. The van der Waals surface area contributed by atoms with Gasteiger partial charge in [0.05, 0.1) is 16.8 Å². The fraction of sp³-hybridized carbons (Fsp3) is 0.154. The number of hydrogen-bond acceptors (Lipinski definition) is 3. The van der Waals surface area contributed by atoms with E-state index in [1.54, 1.807) is 7.05 Å². The molecule has 0 saturated heterocycles. The van der Waals surface area contributed by atoms with Crippen LogP contribution in [0.15, 0.2) is 35.6 Å². The highest BCUT2D eigenvalue weighted by atomic mass is 35.5. The van der Waals surface area contributed by atoms with E-state index in [2.05, 4.69) is 15.6 Å². The van der Waals surface area contributed by atoms with Gasteiger partial charge < -0.3 is 0 Å². The van der Waals surface area contributed by atoms with Crippen molar-refractivity contribution in [2.75, 3.05) is 0 Å². The van der Waals surface area contributed by atoms with E-state index < -0.39 is 17.6 Å². The molecule has 0 radical (unpaired) electrons. The second-order valence-electron chi connectivity index (χ2n) is 4.28. The third-order valence-corrected chi connectivity index (χ3v) is 2.91. The highest BCUT2D eigenvalue weighted by Gasteiger charge is 2.32. The summed E-state index contributed by atoms with van der Waals surface area (Å²) in [5.74, 6) is -0.716. The first kappa shape index (κ1) is 16.0. The van der Waals surface area contributed by atoms with Gasteiger partial charge in [0.15, 0.2) is 5.69 Å². The molecule has 2 rings (SSSR count). The number of halogens is 4. The molecular weight excluding hydrogens is 321 g/mol. The first-order chi connectivity index (χ1) is 10.3. The summed E-state index contributed by atoms with van der Waals surface area (Å²) < 4.78 is 39.7. The van der Waals surface area contributed by atoms with E-state index in [9.17, 15) is 18.0 Å². The monoisotopic (exact) mass is 330 g/mol. The smallest absolute Gasteiger partial charge is 0.273 e. The molecule has 0 aliphatic heterocycles. The Kier molecular flexibility index (Phi) is 4.51. The molecule has 1 amide bonds. The van der Waals surface area contributed by atoms with Gasteiger partial charge in [0.1, 0.15) is 0 Å². The minimum Gasteiger partial charge on any atom is -0.273 e. The topological polar surface area (TPSA) is 59.3 Å². The van der Waals surface area contributed by atoms with Crippen LogP contribution in [-0.2, 0) is 13.2 Å². The number of amides is 1. The summed E-state index contributed by atoms with van der Waals surface area (Å²) in [6.45, 7) is 0. The van der Waals surface area contributed by atoms with Gasteiger partial charge in [0, 0.05) is 18.8 Å². The SMILES string of the molecule is Cn1cc(Cl)c(C(=O)N/N=C\c2ccccc2C(F)(F)F)n1. The number of aromatic nitrogens is 2. The first-order valence-corrected chi connectivity index (χ1v) is 6.35. The average Bonchev–Trinajstić information content (AvgIpc) is 2.77. The quantitative estimate of drug-likeness (QED) is 0.695. The second-order valence-corrected chi connectivity index (χ2v) is 4.69. The van der Waals surface area contributed by atoms with E-state index >= 15 is 0 Å². The van der Waals surface area contributed by atoms with Gasteiger partial charge in [-0.2, -0.15) is 23.4 Å². The number of hydrazone groups is 1. The van der Waals surface area contributed by atoms with Crippen LogP contribution in [0.5, 0.6) is 0 Å². The summed E-state index contributed by atoms with van der Waals surface area (Å²) in [5, 5.41) is 7.44. The van der Waals surface area contributed by atoms with Crippen LogP contribution in [0.4, 0.5) is 13.2 Å². The Morgan fingerprint density at radius 1 is 1.41 bits per heavy atom. The van der Waals surface area contributed by atoms with Crippen molar-refractivity contribution in [2.24, 2.45) is 12.1 Å². The summed E-state index contributed by atoms with van der Waals surface area (Å²) in [6.07, 6.45) is -2.17. The van der Waals surface area contributed by atoms with Crippen LogP contribution in [0.1, 0.15) is 21.6 Å². The van der Waals surface area contributed by atoms with Crippen molar-refractivity contribution < 1.29 is 18.0 Å². The van der Waals surface area contributed by atoms with E-state index in [4.69, 9.17) is 11.6 Å². The molecular formula is C13H10ClF3N4O. The zero-order valence-corrected chi connectivity index (χ0v) is 12.0. The molecule has 1 N–H and O–H groups in total. The Morgan fingerprint density at radius 2 is 2.09 bits per heavy atom. The fourth-order valence-corrected chi connectivity index (χ4v) is 1.96. The van der Waals surface area contributed by atoms with Gasteiger partial charge >= 0.3 is 6.18 Å². The average molecular weight is 331 g/mol. The van der Waals surface area contributed by atoms with Crippen molar-refractivity contribution >= 4 is 23.7 Å². The fourth-order valence-electron chi connectivity index (χ4n) is 1.69. The van der Waals surface area contributed by atoms with Crippen LogP contribution in [0.25, 0.3) is 0 Å². The van der Waals surface area contributed by atoms with Crippen LogP contribution in [0.3, 0.4) is 0 Å². The summed E-state index contributed by atoms with van der Waals surface area (Å²) in [6, 6.07) is 4.88. The largest absolute Gasteiger partial charge is 0.417 e.